The van der Waals surface area contributed by atoms with Crippen molar-refractivity contribution in [2.24, 2.45) is 0 Å². The summed E-state index contributed by atoms with van der Waals surface area (Å²) in [6, 6.07) is 0.575. The third kappa shape index (κ3) is 1.48. The van der Waals surface area contributed by atoms with Gasteiger partial charge in [0, 0.05) is 19.1 Å². The van der Waals surface area contributed by atoms with E-state index in [1.165, 1.54) is 0 Å². The molecule has 0 aromatic rings. The Morgan fingerprint density at radius 1 is 1.60 bits per heavy atom. The number of carbonyl (C=O) groups is 1. The first-order chi connectivity index (χ1) is 4.74. The zero-order valence-corrected chi connectivity index (χ0v) is 6.41. The second-order valence-corrected chi connectivity index (χ2v) is 2.90. The summed E-state index contributed by atoms with van der Waals surface area (Å²) in [5.41, 5.74) is 0. The molecule has 3 nitrogen and oxygen atoms in total. The van der Waals surface area contributed by atoms with E-state index in [-0.39, 0.29) is 6.10 Å². The summed E-state index contributed by atoms with van der Waals surface area (Å²) in [6.45, 7) is 6.60. The summed E-state index contributed by atoms with van der Waals surface area (Å²) in [7, 11) is 0. The van der Waals surface area contributed by atoms with Gasteiger partial charge < -0.3 is 4.74 Å². The maximum absolute atomic E-state index is 9.84. The molecule has 10 heavy (non-hydrogen) atoms. The minimum atomic E-state index is 0.153. The molecule has 0 atom stereocenters. The van der Waals surface area contributed by atoms with Crippen LogP contribution in [0.25, 0.3) is 0 Å². The highest BCUT2D eigenvalue weighted by molar-refractivity contribution is 5.37. The summed E-state index contributed by atoms with van der Waals surface area (Å²) in [4.78, 5) is 12.1. The van der Waals surface area contributed by atoms with Gasteiger partial charge in [-0.15, -0.1) is 0 Å². The predicted molar refractivity (Wildman–Crippen MR) is 37.6 cm³/mol. The van der Waals surface area contributed by atoms with Crippen LogP contribution in [0.4, 0.5) is 0 Å². The zero-order chi connectivity index (χ0) is 7.56. The van der Waals surface area contributed by atoms with Crippen LogP contribution in [0, 0.1) is 0 Å². The summed E-state index contributed by atoms with van der Waals surface area (Å²) < 4.78 is 4.74. The fourth-order valence-corrected chi connectivity index (χ4v) is 1.06. The van der Waals surface area contributed by atoms with Crippen LogP contribution >= 0.6 is 0 Å². The van der Waals surface area contributed by atoms with Gasteiger partial charge in [-0.25, -0.2) is 0 Å². The molecule has 0 aliphatic carbocycles. The van der Waals surface area contributed by atoms with Crippen molar-refractivity contribution in [1.82, 2.24) is 4.90 Å². The first-order valence-electron chi connectivity index (χ1n) is 3.57. The second-order valence-electron chi connectivity index (χ2n) is 2.90. The molecule has 1 saturated heterocycles. The Kier molecular flexibility index (Phi) is 2.27. The minimum absolute atomic E-state index is 0.153. The number of carbonyl (C=O) groups excluding carboxylic acids is 1. The van der Waals surface area contributed by atoms with Gasteiger partial charge in [-0.05, 0) is 13.8 Å². The van der Waals surface area contributed by atoms with Crippen LogP contribution in [0.3, 0.4) is 0 Å². The molecular weight excluding hydrogens is 130 g/mol. The molecule has 0 aromatic heterocycles. The van der Waals surface area contributed by atoms with Gasteiger partial charge in [0.25, 0.3) is 6.47 Å². The third-order valence-electron chi connectivity index (χ3n) is 1.85. The van der Waals surface area contributed by atoms with Gasteiger partial charge >= 0.3 is 0 Å². The molecule has 1 aliphatic rings. The average Bonchev–Trinajstić information content (AvgIpc) is 1.76. The Morgan fingerprint density at radius 2 is 2.20 bits per heavy atom. The zero-order valence-electron chi connectivity index (χ0n) is 6.41. The van der Waals surface area contributed by atoms with Crippen molar-refractivity contribution >= 4 is 6.47 Å². The molecule has 1 rings (SSSR count). The quantitative estimate of drug-likeness (QED) is 0.530. The standard InChI is InChI=1S/C7H13NO2/c1-6(2)8-3-7(4-8)10-5-9/h5-7H,3-4H2,1-2H3. The van der Waals surface area contributed by atoms with Crippen molar-refractivity contribution in [2.45, 2.75) is 26.0 Å². The van der Waals surface area contributed by atoms with Gasteiger partial charge in [-0.2, -0.15) is 0 Å². The van der Waals surface area contributed by atoms with Crippen LogP contribution in [0.15, 0.2) is 0 Å². The Hall–Kier alpha value is -0.570. The van der Waals surface area contributed by atoms with Gasteiger partial charge in [0.1, 0.15) is 6.10 Å². The molecule has 1 aliphatic heterocycles. The second kappa shape index (κ2) is 3.01. The fraction of sp³-hybridized carbons (Fsp3) is 0.857. The predicted octanol–water partition coefficient (Wildman–Crippen LogP) is 0.252. The lowest BCUT2D eigenvalue weighted by Crippen LogP contribution is -2.54. The highest BCUT2D eigenvalue weighted by atomic mass is 16.5. The van der Waals surface area contributed by atoms with E-state index in [2.05, 4.69) is 18.7 Å². The minimum Gasteiger partial charge on any atom is -0.462 e. The SMILES string of the molecule is CC(C)N1CC(OC=O)C1. The molecule has 1 fully saturated rings. The molecule has 58 valence electrons. The van der Waals surface area contributed by atoms with E-state index >= 15 is 0 Å². The molecule has 0 saturated carbocycles. The molecule has 0 bridgehead atoms. The van der Waals surface area contributed by atoms with Crippen LogP contribution in [0.2, 0.25) is 0 Å². The summed E-state index contributed by atoms with van der Waals surface area (Å²) in [5.74, 6) is 0. The highest BCUT2D eigenvalue weighted by Crippen LogP contribution is 2.13. The number of ether oxygens (including phenoxy) is 1. The molecule has 0 spiro atoms. The Balaban J connectivity index is 2.11. The Morgan fingerprint density at radius 3 is 2.60 bits per heavy atom. The third-order valence-corrected chi connectivity index (χ3v) is 1.85. The maximum atomic E-state index is 9.84. The lowest BCUT2D eigenvalue weighted by molar-refractivity contribution is -0.143. The van der Waals surface area contributed by atoms with E-state index in [9.17, 15) is 4.79 Å². The van der Waals surface area contributed by atoms with Crippen molar-refractivity contribution in [3.8, 4) is 0 Å². The van der Waals surface area contributed by atoms with Crippen LogP contribution in [-0.4, -0.2) is 36.6 Å². The van der Waals surface area contributed by atoms with E-state index in [1.54, 1.807) is 0 Å². The molecule has 0 unspecified atom stereocenters. The van der Waals surface area contributed by atoms with Gasteiger partial charge in [-0.3, -0.25) is 9.69 Å². The van der Waals surface area contributed by atoms with Crippen LogP contribution in [-0.2, 0) is 9.53 Å². The summed E-state index contributed by atoms with van der Waals surface area (Å²) in [6.07, 6.45) is 0.153. The van der Waals surface area contributed by atoms with Gasteiger partial charge in [-0.1, -0.05) is 0 Å². The van der Waals surface area contributed by atoms with E-state index in [0.717, 1.165) is 13.1 Å². The molecule has 0 amide bonds. The molecule has 3 heteroatoms. The number of likely N-dealkylation sites (tertiary alicyclic amines) is 1. The first-order valence-corrected chi connectivity index (χ1v) is 3.57. The lowest BCUT2D eigenvalue weighted by atomic mass is 10.1. The van der Waals surface area contributed by atoms with Crippen LogP contribution < -0.4 is 0 Å². The average molecular weight is 143 g/mol. The largest absolute Gasteiger partial charge is 0.462 e. The van der Waals surface area contributed by atoms with Crippen molar-refractivity contribution < 1.29 is 9.53 Å². The molecule has 1 heterocycles. The normalized spacial score (nSPS) is 20.7. The number of hydrogen-bond donors (Lipinski definition) is 0. The molecule has 0 N–H and O–H groups in total. The molecule has 0 radical (unpaired) electrons. The summed E-state index contributed by atoms with van der Waals surface area (Å²) >= 11 is 0. The fourth-order valence-electron chi connectivity index (χ4n) is 1.06. The van der Waals surface area contributed by atoms with Crippen LogP contribution in [0.5, 0.6) is 0 Å². The molecule has 0 aromatic carbocycles. The number of nitrogens with zero attached hydrogens (tertiary/aromatic N) is 1. The van der Waals surface area contributed by atoms with E-state index < -0.39 is 0 Å². The number of hydrogen-bond acceptors (Lipinski definition) is 3. The van der Waals surface area contributed by atoms with Gasteiger partial charge in [0.2, 0.25) is 0 Å². The van der Waals surface area contributed by atoms with E-state index in [4.69, 9.17) is 4.74 Å². The smallest absolute Gasteiger partial charge is 0.293 e. The topological polar surface area (TPSA) is 29.5 Å². The van der Waals surface area contributed by atoms with Gasteiger partial charge in [0.15, 0.2) is 0 Å². The highest BCUT2D eigenvalue weighted by Gasteiger charge is 2.29. The Bertz CT molecular complexity index is 119. The van der Waals surface area contributed by atoms with E-state index in [1.807, 2.05) is 0 Å². The van der Waals surface area contributed by atoms with Crippen molar-refractivity contribution in [1.29, 1.82) is 0 Å². The van der Waals surface area contributed by atoms with Crippen molar-refractivity contribution in [3.63, 3.8) is 0 Å². The van der Waals surface area contributed by atoms with Gasteiger partial charge in [0.05, 0.1) is 0 Å². The summed E-state index contributed by atoms with van der Waals surface area (Å²) in [5, 5.41) is 0. The molecular formula is C7H13NO2. The Labute approximate surface area is 61.0 Å². The lowest BCUT2D eigenvalue weighted by Gasteiger charge is -2.40. The maximum Gasteiger partial charge on any atom is 0.293 e. The van der Waals surface area contributed by atoms with E-state index in [0.29, 0.717) is 12.5 Å². The van der Waals surface area contributed by atoms with Crippen LogP contribution in [0.1, 0.15) is 13.8 Å². The van der Waals surface area contributed by atoms with Crippen molar-refractivity contribution in [3.05, 3.63) is 0 Å². The number of rotatable bonds is 3. The monoisotopic (exact) mass is 143 g/mol. The van der Waals surface area contributed by atoms with Crippen molar-refractivity contribution in [2.75, 3.05) is 13.1 Å². The first kappa shape index (κ1) is 7.54.